The summed E-state index contributed by atoms with van der Waals surface area (Å²) in [6.07, 6.45) is -0.0679. The minimum Gasteiger partial charge on any atom is -0.444 e. The molecule has 2 fully saturated rings. The average molecular weight is 243 g/mol. The minimum absolute atomic E-state index is 0.212. The highest BCUT2D eigenvalue weighted by Gasteiger charge is 2.56. The van der Waals surface area contributed by atoms with Gasteiger partial charge in [-0.3, -0.25) is 4.90 Å². The van der Waals surface area contributed by atoms with Crippen LogP contribution in [-0.2, 0) is 9.39 Å². The van der Waals surface area contributed by atoms with Crippen molar-refractivity contribution in [3.05, 3.63) is 0 Å². The molecule has 1 saturated heterocycles. The monoisotopic (exact) mass is 243 g/mol. The Labute approximate surface area is 101 Å². The third-order valence-corrected chi connectivity index (χ3v) is 2.97. The van der Waals surface area contributed by atoms with Crippen LogP contribution in [0.1, 0.15) is 27.2 Å². The van der Waals surface area contributed by atoms with E-state index in [2.05, 4.69) is 0 Å². The SMILES string of the molecule is CC(C)(C)OC(=O)N1CC2CC2C1OB(O)O. The van der Waals surface area contributed by atoms with Crippen molar-refractivity contribution in [2.24, 2.45) is 11.8 Å². The number of carbonyl (C=O) groups excluding carboxylic acids is 1. The predicted molar refractivity (Wildman–Crippen MR) is 59.6 cm³/mol. The molecule has 0 aromatic heterocycles. The van der Waals surface area contributed by atoms with E-state index in [4.69, 9.17) is 19.4 Å². The van der Waals surface area contributed by atoms with Crippen molar-refractivity contribution < 1.29 is 24.2 Å². The Balaban J connectivity index is 1.97. The van der Waals surface area contributed by atoms with Crippen LogP contribution in [0.2, 0.25) is 0 Å². The zero-order valence-electron chi connectivity index (χ0n) is 10.3. The molecule has 2 aliphatic rings. The molecule has 17 heavy (non-hydrogen) atoms. The third-order valence-electron chi connectivity index (χ3n) is 2.97. The first-order valence-electron chi connectivity index (χ1n) is 5.79. The highest BCUT2D eigenvalue weighted by atomic mass is 16.6. The van der Waals surface area contributed by atoms with Gasteiger partial charge in [0.15, 0.2) is 0 Å². The number of hydrogen-bond donors (Lipinski definition) is 2. The number of nitrogens with zero attached hydrogens (tertiary/aromatic N) is 1. The zero-order valence-corrected chi connectivity index (χ0v) is 10.3. The first kappa shape index (κ1) is 12.7. The molecule has 2 N–H and O–H groups in total. The summed E-state index contributed by atoms with van der Waals surface area (Å²) in [4.78, 5) is 13.3. The second-order valence-corrected chi connectivity index (χ2v) is 5.65. The van der Waals surface area contributed by atoms with E-state index in [9.17, 15) is 4.79 Å². The Morgan fingerprint density at radius 3 is 2.59 bits per heavy atom. The smallest absolute Gasteiger partial charge is 0.444 e. The summed E-state index contributed by atoms with van der Waals surface area (Å²) >= 11 is 0. The maximum Gasteiger partial charge on any atom is 0.635 e. The Morgan fingerprint density at radius 1 is 1.41 bits per heavy atom. The zero-order chi connectivity index (χ0) is 12.8. The first-order valence-corrected chi connectivity index (χ1v) is 5.79. The van der Waals surface area contributed by atoms with Gasteiger partial charge in [0.05, 0.1) is 0 Å². The predicted octanol–water partition coefficient (Wildman–Crippen LogP) is 0.185. The Hall–Kier alpha value is -0.785. The van der Waals surface area contributed by atoms with Crippen LogP contribution in [0.25, 0.3) is 0 Å². The van der Waals surface area contributed by atoms with E-state index in [1.165, 1.54) is 4.90 Å². The first-order chi connectivity index (χ1) is 7.78. The number of rotatable bonds is 2. The lowest BCUT2D eigenvalue weighted by Gasteiger charge is -2.30. The molecular weight excluding hydrogens is 225 g/mol. The molecule has 6 nitrogen and oxygen atoms in total. The normalized spacial score (nSPS) is 31.1. The van der Waals surface area contributed by atoms with Gasteiger partial charge in [-0.05, 0) is 33.1 Å². The highest BCUT2D eigenvalue weighted by Crippen LogP contribution is 2.50. The topological polar surface area (TPSA) is 79.2 Å². The number of likely N-dealkylation sites (tertiary alicyclic amines) is 1. The Kier molecular flexibility index (Phi) is 3.09. The molecule has 96 valence electrons. The lowest BCUT2D eigenvalue weighted by atomic mass is 10.2. The van der Waals surface area contributed by atoms with E-state index < -0.39 is 25.2 Å². The number of ether oxygens (including phenoxy) is 1. The van der Waals surface area contributed by atoms with Gasteiger partial charge in [0.1, 0.15) is 11.8 Å². The van der Waals surface area contributed by atoms with E-state index in [1.54, 1.807) is 20.8 Å². The van der Waals surface area contributed by atoms with E-state index in [0.29, 0.717) is 12.5 Å². The fourth-order valence-electron chi connectivity index (χ4n) is 2.22. The van der Waals surface area contributed by atoms with Crippen LogP contribution in [0.3, 0.4) is 0 Å². The van der Waals surface area contributed by atoms with E-state index in [0.717, 1.165) is 6.42 Å². The summed E-state index contributed by atoms with van der Waals surface area (Å²) in [6.45, 7) is 5.94. The molecule has 0 bridgehead atoms. The molecule has 1 aliphatic heterocycles. The van der Waals surface area contributed by atoms with Crippen molar-refractivity contribution in [3.8, 4) is 0 Å². The fourth-order valence-corrected chi connectivity index (χ4v) is 2.22. The van der Waals surface area contributed by atoms with Crippen LogP contribution in [-0.4, -0.2) is 46.7 Å². The standard InChI is InChI=1S/C10H18BNO5/c1-10(2,3)16-9(13)12-5-6-4-7(6)8(12)17-11(14)15/h6-8,14-15H,4-5H2,1-3H3. The van der Waals surface area contributed by atoms with Crippen molar-refractivity contribution in [2.45, 2.75) is 39.0 Å². The van der Waals surface area contributed by atoms with Gasteiger partial charge in [-0.15, -0.1) is 0 Å². The lowest BCUT2D eigenvalue weighted by Crippen LogP contribution is -2.45. The average Bonchev–Trinajstić information content (AvgIpc) is 2.80. The summed E-state index contributed by atoms with van der Waals surface area (Å²) in [5.41, 5.74) is -0.563. The summed E-state index contributed by atoms with van der Waals surface area (Å²) < 4.78 is 10.2. The van der Waals surface area contributed by atoms with Gasteiger partial charge in [-0.1, -0.05) is 0 Å². The summed E-state index contributed by atoms with van der Waals surface area (Å²) in [6, 6.07) is 0. The molecular formula is C10H18BNO5. The van der Waals surface area contributed by atoms with Crippen LogP contribution in [0.4, 0.5) is 4.79 Å². The van der Waals surface area contributed by atoms with E-state index in [-0.39, 0.29) is 5.92 Å². The molecule has 7 heteroatoms. The van der Waals surface area contributed by atoms with Gasteiger partial charge in [0.2, 0.25) is 0 Å². The molecule has 0 radical (unpaired) electrons. The van der Waals surface area contributed by atoms with Gasteiger partial charge >= 0.3 is 13.4 Å². The van der Waals surface area contributed by atoms with Crippen LogP contribution in [0.5, 0.6) is 0 Å². The largest absolute Gasteiger partial charge is 0.635 e. The molecule has 3 atom stereocenters. The number of fused-ring (bicyclic) bond motifs is 1. The maximum absolute atomic E-state index is 11.9. The molecule has 0 aromatic rings. The quantitative estimate of drug-likeness (QED) is 0.676. The number of hydrogen-bond acceptors (Lipinski definition) is 5. The van der Waals surface area contributed by atoms with Crippen molar-refractivity contribution >= 4 is 13.4 Å². The maximum atomic E-state index is 11.9. The van der Waals surface area contributed by atoms with Crippen LogP contribution in [0.15, 0.2) is 0 Å². The fraction of sp³-hybridized carbons (Fsp3) is 0.900. The van der Waals surface area contributed by atoms with Crippen molar-refractivity contribution in [2.75, 3.05) is 6.54 Å². The molecule has 1 amide bonds. The lowest BCUT2D eigenvalue weighted by molar-refractivity contribution is -0.0279. The van der Waals surface area contributed by atoms with Gasteiger partial charge in [-0.25, -0.2) is 4.79 Å². The van der Waals surface area contributed by atoms with Gasteiger partial charge < -0.3 is 19.4 Å². The second-order valence-electron chi connectivity index (χ2n) is 5.65. The van der Waals surface area contributed by atoms with Crippen LogP contribution >= 0.6 is 0 Å². The van der Waals surface area contributed by atoms with Gasteiger partial charge in [-0.2, -0.15) is 0 Å². The molecule has 3 unspecified atom stereocenters. The van der Waals surface area contributed by atoms with Crippen LogP contribution in [0, 0.1) is 11.8 Å². The van der Waals surface area contributed by atoms with Gasteiger partial charge in [0.25, 0.3) is 0 Å². The number of piperidine rings is 1. The molecule has 0 aromatic carbocycles. The third kappa shape index (κ3) is 2.91. The minimum atomic E-state index is -1.86. The molecule has 1 heterocycles. The molecule has 2 rings (SSSR count). The molecule has 0 spiro atoms. The van der Waals surface area contributed by atoms with Crippen molar-refractivity contribution in [1.29, 1.82) is 0 Å². The van der Waals surface area contributed by atoms with E-state index in [1.807, 2.05) is 0 Å². The van der Waals surface area contributed by atoms with Gasteiger partial charge in [0, 0.05) is 12.5 Å². The number of carbonyl (C=O) groups is 1. The molecule has 1 saturated carbocycles. The number of amides is 1. The second kappa shape index (κ2) is 4.15. The summed E-state index contributed by atoms with van der Waals surface area (Å²) in [5, 5.41) is 17.7. The van der Waals surface area contributed by atoms with Crippen molar-refractivity contribution in [1.82, 2.24) is 4.90 Å². The Morgan fingerprint density at radius 2 is 2.06 bits per heavy atom. The summed E-state index contributed by atoms with van der Waals surface area (Å²) in [5.74, 6) is 0.621. The van der Waals surface area contributed by atoms with Crippen LogP contribution < -0.4 is 0 Å². The van der Waals surface area contributed by atoms with E-state index >= 15 is 0 Å². The van der Waals surface area contributed by atoms with Crippen molar-refractivity contribution in [3.63, 3.8) is 0 Å². The summed E-state index contributed by atoms with van der Waals surface area (Å²) in [7, 11) is -1.86. The Bertz CT molecular complexity index is 316. The molecule has 1 aliphatic carbocycles. The highest BCUT2D eigenvalue weighted by molar-refractivity contribution is 6.32.